The molecule has 1 aliphatic rings. The molecule has 16 heavy (non-hydrogen) atoms. The van der Waals surface area contributed by atoms with Crippen LogP contribution < -0.4 is 5.73 Å². The lowest BCUT2D eigenvalue weighted by molar-refractivity contribution is 0.251. The van der Waals surface area contributed by atoms with E-state index in [1.54, 1.807) is 6.20 Å². The Morgan fingerprint density at radius 3 is 2.75 bits per heavy atom. The smallest absolute Gasteiger partial charge is 0.182 e. The number of hydrogen-bond donors (Lipinski definition) is 1. The van der Waals surface area contributed by atoms with E-state index in [4.69, 9.17) is 11.0 Å². The third kappa shape index (κ3) is 2.39. The molecule has 2 N–H and O–H groups in total. The molecule has 5 heteroatoms. The largest absolute Gasteiger partial charge is 0.330 e. The first-order valence-electron chi connectivity index (χ1n) is 5.85. The van der Waals surface area contributed by atoms with E-state index in [1.165, 1.54) is 12.8 Å². The van der Waals surface area contributed by atoms with Crippen molar-refractivity contribution in [3.63, 3.8) is 0 Å². The van der Waals surface area contributed by atoms with E-state index in [0.29, 0.717) is 11.7 Å². The highest BCUT2D eigenvalue weighted by atomic mass is 15.4. The summed E-state index contributed by atoms with van der Waals surface area (Å²) in [6.45, 7) is 0.789. The molecule has 0 aromatic carbocycles. The van der Waals surface area contributed by atoms with Crippen molar-refractivity contribution >= 4 is 0 Å². The van der Waals surface area contributed by atoms with Crippen molar-refractivity contribution in [1.82, 2.24) is 15.0 Å². The van der Waals surface area contributed by atoms with Gasteiger partial charge in [-0.2, -0.15) is 5.26 Å². The van der Waals surface area contributed by atoms with Crippen LogP contribution in [0.2, 0.25) is 0 Å². The lowest BCUT2D eigenvalue weighted by Crippen LogP contribution is -2.20. The molecule has 2 rings (SSSR count). The van der Waals surface area contributed by atoms with Gasteiger partial charge < -0.3 is 5.73 Å². The van der Waals surface area contributed by atoms with Crippen molar-refractivity contribution in [2.75, 3.05) is 6.54 Å². The van der Waals surface area contributed by atoms with Gasteiger partial charge in [-0.25, -0.2) is 4.68 Å². The van der Waals surface area contributed by atoms with Crippen molar-refractivity contribution in [3.05, 3.63) is 11.9 Å². The summed E-state index contributed by atoms with van der Waals surface area (Å²) in [5.41, 5.74) is 5.97. The van der Waals surface area contributed by atoms with Crippen LogP contribution in [-0.4, -0.2) is 21.5 Å². The molecule has 1 aromatic heterocycles. The molecule has 0 amide bonds. The molecule has 0 unspecified atom stereocenters. The first-order valence-corrected chi connectivity index (χ1v) is 5.85. The second-order valence-corrected chi connectivity index (χ2v) is 4.45. The lowest BCUT2D eigenvalue weighted by atomic mass is 9.84. The summed E-state index contributed by atoms with van der Waals surface area (Å²) < 4.78 is 1.84. The zero-order chi connectivity index (χ0) is 11.4. The van der Waals surface area contributed by atoms with E-state index in [1.807, 2.05) is 10.8 Å². The monoisotopic (exact) mass is 219 g/mol. The maximum Gasteiger partial charge on any atom is 0.182 e. The molecule has 1 saturated carbocycles. The second-order valence-electron chi connectivity index (χ2n) is 4.45. The Morgan fingerprint density at radius 1 is 1.44 bits per heavy atom. The van der Waals surface area contributed by atoms with Crippen LogP contribution in [-0.2, 0) is 0 Å². The molecule has 0 spiro atoms. The van der Waals surface area contributed by atoms with Crippen LogP contribution in [0.15, 0.2) is 6.20 Å². The van der Waals surface area contributed by atoms with Crippen molar-refractivity contribution in [2.45, 2.75) is 38.1 Å². The maximum atomic E-state index is 8.68. The van der Waals surface area contributed by atoms with E-state index in [-0.39, 0.29) is 0 Å². The average Bonchev–Trinajstić information content (AvgIpc) is 2.79. The molecule has 1 aromatic rings. The lowest BCUT2D eigenvalue weighted by Gasteiger charge is -2.27. The van der Waals surface area contributed by atoms with E-state index in [0.717, 1.165) is 31.7 Å². The van der Waals surface area contributed by atoms with E-state index >= 15 is 0 Å². The molecule has 1 fully saturated rings. The van der Waals surface area contributed by atoms with E-state index < -0.39 is 0 Å². The molecule has 86 valence electrons. The topological polar surface area (TPSA) is 80.5 Å². The average molecular weight is 219 g/mol. The van der Waals surface area contributed by atoms with E-state index in [2.05, 4.69) is 10.3 Å². The summed E-state index contributed by atoms with van der Waals surface area (Å²) in [6.07, 6.45) is 7.55. The van der Waals surface area contributed by atoms with Crippen molar-refractivity contribution in [3.8, 4) is 6.07 Å². The highest BCUT2D eigenvalue weighted by Crippen LogP contribution is 2.32. The molecular formula is C11H17N5. The Kier molecular flexibility index (Phi) is 3.52. The van der Waals surface area contributed by atoms with Gasteiger partial charge in [-0.15, -0.1) is 5.10 Å². The van der Waals surface area contributed by atoms with Gasteiger partial charge in [-0.1, -0.05) is 5.21 Å². The van der Waals surface area contributed by atoms with Gasteiger partial charge >= 0.3 is 0 Å². The van der Waals surface area contributed by atoms with Gasteiger partial charge in [0, 0.05) is 0 Å². The van der Waals surface area contributed by atoms with Crippen molar-refractivity contribution in [2.24, 2.45) is 11.7 Å². The summed E-state index contributed by atoms with van der Waals surface area (Å²) in [7, 11) is 0. The highest BCUT2D eigenvalue weighted by Gasteiger charge is 2.22. The number of aromatic nitrogens is 3. The van der Waals surface area contributed by atoms with Crippen LogP contribution in [0, 0.1) is 17.2 Å². The van der Waals surface area contributed by atoms with Crippen molar-refractivity contribution in [1.29, 1.82) is 5.26 Å². The van der Waals surface area contributed by atoms with Crippen LogP contribution >= 0.6 is 0 Å². The van der Waals surface area contributed by atoms with Crippen LogP contribution in [0.25, 0.3) is 0 Å². The maximum absolute atomic E-state index is 8.68. The van der Waals surface area contributed by atoms with Crippen LogP contribution in [0.1, 0.15) is 43.8 Å². The SMILES string of the molecule is N#Cc1cn(C2CCC(CCN)CC2)nn1. The molecule has 0 radical (unpaired) electrons. The van der Waals surface area contributed by atoms with Gasteiger partial charge in [0.25, 0.3) is 0 Å². The van der Waals surface area contributed by atoms with Gasteiger partial charge in [-0.3, -0.25) is 0 Å². The minimum atomic E-state index is 0.407. The Hall–Kier alpha value is -1.41. The zero-order valence-electron chi connectivity index (χ0n) is 9.34. The first kappa shape index (κ1) is 11.1. The summed E-state index contributed by atoms with van der Waals surface area (Å²) in [5.74, 6) is 0.778. The minimum Gasteiger partial charge on any atom is -0.330 e. The molecule has 1 aliphatic carbocycles. The number of hydrogen-bond acceptors (Lipinski definition) is 4. The Labute approximate surface area is 95.2 Å². The van der Waals surface area contributed by atoms with Gasteiger partial charge in [-0.05, 0) is 44.6 Å². The van der Waals surface area contributed by atoms with Crippen molar-refractivity contribution < 1.29 is 0 Å². The third-order valence-electron chi connectivity index (χ3n) is 3.39. The fourth-order valence-electron chi connectivity index (χ4n) is 2.44. The predicted molar refractivity (Wildman–Crippen MR) is 59.4 cm³/mol. The predicted octanol–water partition coefficient (Wildman–Crippen LogP) is 1.23. The molecule has 0 bridgehead atoms. The molecule has 0 atom stereocenters. The van der Waals surface area contributed by atoms with Crippen LogP contribution in [0.5, 0.6) is 0 Å². The van der Waals surface area contributed by atoms with Gasteiger partial charge in [0.1, 0.15) is 6.07 Å². The summed E-state index contributed by atoms with van der Waals surface area (Å²) in [6, 6.07) is 2.42. The van der Waals surface area contributed by atoms with Gasteiger partial charge in [0.15, 0.2) is 5.69 Å². The second kappa shape index (κ2) is 5.08. The minimum absolute atomic E-state index is 0.407. The Bertz CT molecular complexity index is 370. The first-order chi connectivity index (χ1) is 7.83. The number of rotatable bonds is 3. The standard InChI is InChI=1S/C11H17N5/c12-6-5-9-1-3-11(4-2-9)16-8-10(7-13)14-15-16/h8-9,11H,1-6,12H2. The van der Waals surface area contributed by atoms with Crippen LogP contribution in [0.3, 0.4) is 0 Å². The number of nitrogens with two attached hydrogens (primary N) is 1. The summed E-state index contributed by atoms with van der Waals surface area (Å²) in [4.78, 5) is 0. The highest BCUT2D eigenvalue weighted by molar-refractivity contribution is 5.13. The van der Waals surface area contributed by atoms with E-state index in [9.17, 15) is 0 Å². The molecular weight excluding hydrogens is 202 g/mol. The molecule has 0 saturated heterocycles. The van der Waals surface area contributed by atoms with Gasteiger partial charge in [0.05, 0.1) is 12.2 Å². The van der Waals surface area contributed by atoms with Gasteiger partial charge in [0.2, 0.25) is 0 Å². The quantitative estimate of drug-likeness (QED) is 0.829. The fourth-order valence-corrected chi connectivity index (χ4v) is 2.44. The number of nitrogens with zero attached hydrogens (tertiary/aromatic N) is 4. The normalized spacial score (nSPS) is 25.2. The molecule has 5 nitrogen and oxygen atoms in total. The molecule has 0 aliphatic heterocycles. The fraction of sp³-hybridized carbons (Fsp3) is 0.727. The number of nitriles is 1. The molecule has 1 heterocycles. The summed E-state index contributed by atoms with van der Waals surface area (Å²) >= 11 is 0. The third-order valence-corrected chi connectivity index (χ3v) is 3.39. The summed E-state index contributed by atoms with van der Waals surface area (Å²) in [5, 5.41) is 16.5. The Balaban J connectivity index is 1.91. The zero-order valence-corrected chi connectivity index (χ0v) is 9.34. The van der Waals surface area contributed by atoms with Crippen LogP contribution in [0.4, 0.5) is 0 Å². The Morgan fingerprint density at radius 2 is 2.19 bits per heavy atom.